The minimum atomic E-state index is 0.738. The summed E-state index contributed by atoms with van der Waals surface area (Å²) in [6.45, 7) is 0.738. The second kappa shape index (κ2) is 3.97. The van der Waals surface area contributed by atoms with Gasteiger partial charge in [-0.2, -0.15) is 0 Å². The van der Waals surface area contributed by atoms with Crippen LogP contribution in [0.3, 0.4) is 0 Å². The molecule has 0 fully saturated rings. The summed E-state index contributed by atoms with van der Waals surface area (Å²) in [4.78, 5) is 4.03. The first-order valence-electron chi connectivity index (χ1n) is 4.36. The van der Waals surface area contributed by atoms with Crippen LogP contribution in [0.5, 0.6) is 0 Å². The van der Waals surface area contributed by atoms with Gasteiger partial charge in [-0.1, -0.05) is 5.21 Å². The summed E-state index contributed by atoms with van der Waals surface area (Å²) in [5, 5.41) is 10.9. The molecule has 0 unspecified atom stereocenters. The van der Waals surface area contributed by atoms with E-state index in [4.69, 9.17) is 0 Å². The van der Waals surface area contributed by atoms with Gasteiger partial charge in [0.15, 0.2) is 0 Å². The number of aromatic nitrogens is 4. The molecule has 14 heavy (non-hydrogen) atoms. The molecular weight excluding hydrogens is 178 g/mol. The van der Waals surface area contributed by atoms with Gasteiger partial charge in [0.2, 0.25) is 0 Å². The molecule has 0 saturated heterocycles. The predicted molar refractivity (Wildman–Crippen MR) is 51.9 cm³/mol. The molecule has 2 rings (SSSR count). The van der Waals surface area contributed by atoms with Gasteiger partial charge < -0.3 is 5.32 Å². The summed E-state index contributed by atoms with van der Waals surface area (Å²) in [6, 6.07) is 3.82. The Hall–Kier alpha value is -1.75. The molecule has 0 atom stereocenters. The quantitative estimate of drug-likeness (QED) is 0.758. The van der Waals surface area contributed by atoms with Crippen molar-refractivity contribution in [2.45, 2.75) is 6.54 Å². The lowest BCUT2D eigenvalue weighted by Crippen LogP contribution is -2.11. The molecule has 0 aliphatic heterocycles. The normalized spacial score (nSPS) is 10.4. The second-order valence-electron chi connectivity index (χ2n) is 2.88. The lowest BCUT2D eigenvalue weighted by atomic mass is 10.4. The highest BCUT2D eigenvalue weighted by molar-refractivity contribution is 5.27. The van der Waals surface area contributed by atoms with Crippen LogP contribution >= 0.6 is 0 Å². The van der Waals surface area contributed by atoms with Crippen molar-refractivity contribution in [3.8, 4) is 5.69 Å². The van der Waals surface area contributed by atoms with Crippen LogP contribution in [0.15, 0.2) is 30.7 Å². The molecule has 0 bridgehead atoms. The van der Waals surface area contributed by atoms with Gasteiger partial charge in [0, 0.05) is 12.7 Å². The number of pyridine rings is 1. The van der Waals surface area contributed by atoms with E-state index < -0.39 is 0 Å². The zero-order valence-corrected chi connectivity index (χ0v) is 7.88. The fourth-order valence-electron chi connectivity index (χ4n) is 1.25. The Kier molecular flexibility index (Phi) is 2.51. The van der Waals surface area contributed by atoms with E-state index in [2.05, 4.69) is 20.6 Å². The van der Waals surface area contributed by atoms with E-state index >= 15 is 0 Å². The maximum Gasteiger partial charge on any atom is 0.0850 e. The Balaban J connectivity index is 2.37. The summed E-state index contributed by atoms with van der Waals surface area (Å²) in [7, 11) is 1.89. The Morgan fingerprint density at radius 3 is 3.07 bits per heavy atom. The third-order valence-corrected chi connectivity index (χ3v) is 1.87. The fraction of sp³-hybridized carbons (Fsp3) is 0.222. The van der Waals surface area contributed by atoms with Gasteiger partial charge in [-0.05, 0) is 19.2 Å². The summed E-state index contributed by atoms with van der Waals surface area (Å²) >= 11 is 0. The fourth-order valence-corrected chi connectivity index (χ4v) is 1.25. The number of hydrogen-bond donors (Lipinski definition) is 1. The SMILES string of the molecule is CNCc1cnnn1-c1cccnc1. The average Bonchev–Trinajstić information content (AvgIpc) is 2.68. The molecule has 0 radical (unpaired) electrons. The molecule has 1 N–H and O–H groups in total. The van der Waals surface area contributed by atoms with Crippen molar-refractivity contribution < 1.29 is 0 Å². The molecule has 72 valence electrons. The Morgan fingerprint density at radius 1 is 1.43 bits per heavy atom. The molecule has 0 saturated carbocycles. The van der Waals surface area contributed by atoms with Gasteiger partial charge >= 0.3 is 0 Å². The first kappa shape index (κ1) is 8.83. The standard InChI is InChI=1S/C9H11N5/c1-10-5-9-7-12-13-14(9)8-3-2-4-11-6-8/h2-4,6-7,10H,5H2,1H3. The third kappa shape index (κ3) is 1.62. The van der Waals surface area contributed by atoms with Gasteiger partial charge in [-0.25, -0.2) is 4.68 Å². The van der Waals surface area contributed by atoms with Gasteiger partial charge in [-0.3, -0.25) is 4.98 Å². The van der Waals surface area contributed by atoms with Crippen molar-refractivity contribution in [2.24, 2.45) is 0 Å². The monoisotopic (exact) mass is 189 g/mol. The highest BCUT2D eigenvalue weighted by Crippen LogP contribution is 2.06. The van der Waals surface area contributed by atoms with E-state index in [0.29, 0.717) is 0 Å². The molecule has 2 aromatic heterocycles. The van der Waals surface area contributed by atoms with Gasteiger partial charge in [0.05, 0.1) is 23.8 Å². The van der Waals surface area contributed by atoms with Crippen LogP contribution in [-0.4, -0.2) is 27.0 Å². The molecule has 0 amide bonds. The lowest BCUT2D eigenvalue weighted by Gasteiger charge is -2.03. The smallest absolute Gasteiger partial charge is 0.0850 e. The van der Waals surface area contributed by atoms with Crippen LogP contribution in [0.1, 0.15) is 5.69 Å². The van der Waals surface area contributed by atoms with E-state index in [1.807, 2.05) is 19.2 Å². The number of nitrogens with zero attached hydrogens (tertiary/aromatic N) is 4. The highest BCUT2D eigenvalue weighted by atomic mass is 15.4. The van der Waals surface area contributed by atoms with E-state index in [1.165, 1.54) is 0 Å². The van der Waals surface area contributed by atoms with E-state index in [0.717, 1.165) is 17.9 Å². The zero-order valence-electron chi connectivity index (χ0n) is 7.88. The van der Waals surface area contributed by atoms with Gasteiger partial charge in [0.25, 0.3) is 0 Å². The van der Waals surface area contributed by atoms with Crippen molar-refractivity contribution >= 4 is 0 Å². The molecule has 0 aliphatic rings. The first-order chi connectivity index (χ1) is 6.92. The Morgan fingerprint density at radius 2 is 2.36 bits per heavy atom. The van der Waals surface area contributed by atoms with Crippen molar-refractivity contribution in [1.82, 2.24) is 25.3 Å². The van der Waals surface area contributed by atoms with Crippen LogP contribution in [-0.2, 0) is 6.54 Å². The maximum atomic E-state index is 4.03. The molecule has 0 aromatic carbocycles. The highest BCUT2D eigenvalue weighted by Gasteiger charge is 2.03. The summed E-state index contributed by atoms with van der Waals surface area (Å²) in [5.74, 6) is 0. The summed E-state index contributed by atoms with van der Waals surface area (Å²) < 4.78 is 1.77. The number of hydrogen-bond acceptors (Lipinski definition) is 4. The molecule has 2 aromatic rings. The van der Waals surface area contributed by atoms with Crippen LogP contribution in [0.25, 0.3) is 5.69 Å². The molecule has 5 nitrogen and oxygen atoms in total. The van der Waals surface area contributed by atoms with Crippen molar-refractivity contribution in [3.05, 3.63) is 36.4 Å². The van der Waals surface area contributed by atoms with Crippen LogP contribution in [0.4, 0.5) is 0 Å². The molecule has 0 spiro atoms. The molecule has 2 heterocycles. The minimum Gasteiger partial charge on any atom is -0.314 e. The second-order valence-corrected chi connectivity index (χ2v) is 2.88. The molecular formula is C9H11N5. The topological polar surface area (TPSA) is 55.6 Å². The van der Waals surface area contributed by atoms with Crippen LogP contribution in [0, 0.1) is 0 Å². The molecule has 5 heteroatoms. The predicted octanol–water partition coefficient (Wildman–Crippen LogP) is 0.382. The van der Waals surface area contributed by atoms with Crippen molar-refractivity contribution in [3.63, 3.8) is 0 Å². The van der Waals surface area contributed by atoms with E-state index in [1.54, 1.807) is 23.3 Å². The number of nitrogens with one attached hydrogen (secondary N) is 1. The maximum absolute atomic E-state index is 4.03. The summed E-state index contributed by atoms with van der Waals surface area (Å²) in [5.41, 5.74) is 1.94. The summed E-state index contributed by atoms with van der Waals surface area (Å²) in [6.07, 6.45) is 5.23. The van der Waals surface area contributed by atoms with E-state index in [9.17, 15) is 0 Å². The first-order valence-corrected chi connectivity index (χ1v) is 4.36. The number of rotatable bonds is 3. The van der Waals surface area contributed by atoms with Crippen LogP contribution in [0.2, 0.25) is 0 Å². The van der Waals surface area contributed by atoms with E-state index in [-0.39, 0.29) is 0 Å². The van der Waals surface area contributed by atoms with Crippen molar-refractivity contribution in [1.29, 1.82) is 0 Å². The van der Waals surface area contributed by atoms with Crippen LogP contribution < -0.4 is 5.32 Å². The third-order valence-electron chi connectivity index (χ3n) is 1.87. The average molecular weight is 189 g/mol. The molecule has 0 aliphatic carbocycles. The van der Waals surface area contributed by atoms with Crippen molar-refractivity contribution in [2.75, 3.05) is 7.05 Å². The van der Waals surface area contributed by atoms with Gasteiger partial charge in [-0.15, -0.1) is 5.10 Å². The minimum absolute atomic E-state index is 0.738. The largest absolute Gasteiger partial charge is 0.314 e. The Labute approximate surface area is 81.8 Å². The lowest BCUT2D eigenvalue weighted by molar-refractivity contribution is 0.712. The van der Waals surface area contributed by atoms with Gasteiger partial charge in [0.1, 0.15) is 0 Å². The zero-order chi connectivity index (χ0) is 9.80. The Bertz CT molecular complexity index is 395.